The van der Waals surface area contributed by atoms with Crippen LogP contribution in [0.2, 0.25) is 0 Å². The quantitative estimate of drug-likeness (QED) is 0.0717. The van der Waals surface area contributed by atoms with Gasteiger partial charge in [-0.25, -0.2) is 19.6 Å². The number of nitrogens with zero attached hydrogens (tertiary/aromatic N) is 4. The third kappa shape index (κ3) is 11.4. The second-order valence-corrected chi connectivity index (χ2v) is 16.6. The van der Waals surface area contributed by atoms with E-state index in [1.54, 1.807) is 43.3 Å². The third-order valence-electron chi connectivity index (χ3n) is 12.2. The van der Waals surface area contributed by atoms with E-state index in [-0.39, 0.29) is 49.6 Å². The molecule has 2 fully saturated rings. The van der Waals surface area contributed by atoms with E-state index >= 15 is 0 Å². The summed E-state index contributed by atoms with van der Waals surface area (Å²) in [5.74, 6) is 1.18. The summed E-state index contributed by atoms with van der Waals surface area (Å²) < 4.78 is 38.7. The monoisotopic (exact) mass is 916 g/mol. The maximum atomic E-state index is 14.0. The summed E-state index contributed by atoms with van der Waals surface area (Å²) in [7, 11) is 7.31. The van der Waals surface area contributed by atoms with Crippen molar-refractivity contribution in [2.24, 2.45) is 11.8 Å². The molecule has 2 aliphatic heterocycles. The van der Waals surface area contributed by atoms with Crippen molar-refractivity contribution in [2.45, 2.75) is 70.7 Å². The number of ether oxygens (including phenoxy) is 7. The summed E-state index contributed by atoms with van der Waals surface area (Å²) in [6.45, 7) is 7.87. The molecule has 0 aliphatic carbocycles. The molecule has 2 aliphatic rings. The van der Waals surface area contributed by atoms with Gasteiger partial charge in [-0.2, -0.15) is 0 Å². The first-order valence-electron chi connectivity index (χ1n) is 22.4. The van der Waals surface area contributed by atoms with E-state index in [0.29, 0.717) is 67.1 Å². The molecule has 2 aromatic carbocycles. The fourth-order valence-electron chi connectivity index (χ4n) is 8.47. The minimum Gasteiger partial charge on any atom is -0.487 e. The number of amides is 4. The van der Waals surface area contributed by atoms with Crippen LogP contribution in [0.1, 0.15) is 70.2 Å². The van der Waals surface area contributed by atoms with Gasteiger partial charge in [-0.3, -0.25) is 9.59 Å². The molecule has 2 aromatic heterocycles. The van der Waals surface area contributed by atoms with Crippen molar-refractivity contribution in [1.82, 2.24) is 40.4 Å². The normalized spacial score (nSPS) is 17.3. The summed E-state index contributed by atoms with van der Waals surface area (Å²) in [6, 6.07) is 10.6. The molecule has 4 heterocycles. The highest BCUT2D eigenvalue weighted by Gasteiger charge is 2.39. The summed E-state index contributed by atoms with van der Waals surface area (Å²) in [4.78, 5) is 71.8. The zero-order valence-electron chi connectivity index (χ0n) is 39.1. The lowest BCUT2D eigenvalue weighted by atomic mass is 9.98. The number of H-pyrrole nitrogens is 2. The number of benzene rings is 2. The lowest BCUT2D eigenvalue weighted by Crippen LogP contribution is -2.51. The lowest BCUT2D eigenvalue weighted by Gasteiger charge is -2.30. The molecule has 0 saturated carbocycles. The van der Waals surface area contributed by atoms with E-state index in [2.05, 4.69) is 20.6 Å². The van der Waals surface area contributed by atoms with Gasteiger partial charge in [0.25, 0.3) is 0 Å². The largest absolute Gasteiger partial charge is 0.487 e. The van der Waals surface area contributed by atoms with E-state index in [0.717, 1.165) is 41.6 Å². The molecule has 4 aromatic rings. The topological polar surface area (TPSA) is 221 Å². The molecule has 1 unspecified atom stereocenters. The number of alkyl carbamates (subject to hydrolysis) is 2. The number of rotatable bonds is 21. The summed E-state index contributed by atoms with van der Waals surface area (Å²) in [5.41, 5.74) is 4.70. The maximum Gasteiger partial charge on any atom is 0.407 e. The van der Waals surface area contributed by atoms with Crippen molar-refractivity contribution in [2.75, 3.05) is 81.6 Å². The van der Waals surface area contributed by atoms with Gasteiger partial charge in [-0.15, -0.1) is 0 Å². The maximum absolute atomic E-state index is 14.0. The number of imidazole rings is 2. The molecule has 0 spiro atoms. The predicted molar refractivity (Wildman–Crippen MR) is 244 cm³/mol. The van der Waals surface area contributed by atoms with E-state index in [1.807, 2.05) is 50.2 Å². The van der Waals surface area contributed by atoms with E-state index < -0.39 is 30.3 Å². The number of methoxy groups -OCH3 is 5. The number of nitrogens with one attached hydrogen (secondary N) is 4. The van der Waals surface area contributed by atoms with Crippen LogP contribution in [-0.4, -0.2) is 147 Å². The van der Waals surface area contributed by atoms with Crippen LogP contribution < -0.4 is 20.1 Å². The molecule has 66 heavy (non-hydrogen) atoms. The standard InChI is InChI=1S/C47H64N8O11/c1-28(2)39(53-47(59)64-8)45(57)55-20-10-12-38(55)42-48-26-35(51-42)31-15-13-30(14-16-31)32-17-18-33(41(66-24-22-61-5)40(32)65-23-21-60-4)36-27-49-43(52-36)37-11-9-19-54(37)44(56)34(29(3)62-6)25-50-46(58)63-7/h13-18,26-29,34,37-39H,9-12,19-25H2,1-8H3,(H,48,51)(H,49,52)(H,50,58)(H,53,59)/t29?,34-,37-,38-,39-/m0/s1. The number of likely N-dealkylation sites (tertiary alicyclic amines) is 2. The molecule has 19 heteroatoms. The average molecular weight is 917 g/mol. The molecule has 2 saturated heterocycles. The van der Waals surface area contributed by atoms with Crippen LogP contribution in [0.3, 0.4) is 0 Å². The molecule has 4 amide bonds. The van der Waals surface area contributed by atoms with Crippen LogP contribution >= 0.6 is 0 Å². The molecular formula is C47H64N8O11. The molecule has 0 radical (unpaired) electrons. The van der Waals surface area contributed by atoms with Gasteiger partial charge in [0.15, 0.2) is 11.5 Å². The van der Waals surface area contributed by atoms with Crippen molar-refractivity contribution in [1.29, 1.82) is 0 Å². The molecular weight excluding hydrogens is 853 g/mol. The van der Waals surface area contributed by atoms with Crippen molar-refractivity contribution in [3.63, 3.8) is 0 Å². The van der Waals surface area contributed by atoms with Crippen molar-refractivity contribution in [3.8, 4) is 45.1 Å². The van der Waals surface area contributed by atoms with Crippen LogP contribution in [0.25, 0.3) is 33.6 Å². The van der Waals surface area contributed by atoms with Gasteiger partial charge < -0.3 is 63.6 Å². The highest BCUT2D eigenvalue weighted by molar-refractivity contribution is 5.87. The van der Waals surface area contributed by atoms with Crippen molar-refractivity contribution < 1.29 is 52.3 Å². The zero-order chi connectivity index (χ0) is 47.3. The number of carbonyl (C=O) groups excluding carboxylic acids is 4. The first-order valence-corrected chi connectivity index (χ1v) is 22.4. The van der Waals surface area contributed by atoms with Crippen LogP contribution in [0, 0.1) is 11.8 Å². The van der Waals surface area contributed by atoms with Gasteiger partial charge >= 0.3 is 12.2 Å². The van der Waals surface area contributed by atoms with E-state index in [1.165, 1.54) is 21.3 Å². The van der Waals surface area contributed by atoms with Gasteiger partial charge in [-0.05, 0) is 61.8 Å². The summed E-state index contributed by atoms with van der Waals surface area (Å²) in [6.07, 6.45) is 4.79. The number of aromatic nitrogens is 4. The van der Waals surface area contributed by atoms with Gasteiger partial charge in [0.1, 0.15) is 30.9 Å². The van der Waals surface area contributed by atoms with Crippen LogP contribution in [0.15, 0.2) is 48.8 Å². The third-order valence-corrected chi connectivity index (χ3v) is 12.2. The number of hydrogen-bond acceptors (Lipinski definition) is 13. The summed E-state index contributed by atoms with van der Waals surface area (Å²) >= 11 is 0. The van der Waals surface area contributed by atoms with E-state index in [4.69, 9.17) is 43.1 Å². The fraction of sp³-hybridized carbons (Fsp3) is 0.532. The first-order chi connectivity index (χ1) is 31.9. The Morgan fingerprint density at radius 2 is 1.21 bits per heavy atom. The summed E-state index contributed by atoms with van der Waals surface area (Å²) in [5, 5.41) is 5.35. The molecule has 6 rings (SSSR count). The number of aromatic amines is 2. The fourth-order valence-corrected chi connectivity index (χ4v) is 8.47. The average Bonchev–Trinajstić information content (AvgIpc) is 4.18. The minimum atomic E-state index is -0.727. The predicted octanol–water partition coefficient (Wildman–Crippen LogP) is 5.90. The smallest absolute Gasteiger partial charge is 0.407 e. The Kier molecular flexibility index (Phi) is 17.4. The zero-order valence-corrected chi connectivity index (χ0v) is 39.1. The molecule has 358 valence electrons. The Morgan fingerprint density at radius 3 is 1.77 bits per heavy atom. The van der Waals surface area contributed by atoms with Crippen molar-refractivity contribution >= 4 is 24.0 Å². The Hall–Kier alpha value is -6.18. The minimum absolute atomic E-state index is 0.0574. The Balaban J connectivity index is 1.27. The number of carbonyl (C=O) groups is 4. The Bertz CT molecular complexity index is 2250. The van der Waals surface area contributed by atoms with Gasteiger partial charge in [0.05, 0.1) is 75.3 Å². The highest BCUT2D eigenvalue weighted by atomic mass is 16.6. The molecule has 0 bridgehead atoms. The van der Waals surface area contributed by atoms with Gasteiger partial charge in [0.2, 0.25) is 11.8 Å². The molecule has 5 atom stereocenters. The van der Waals surface area contributed by atoms with Gasteiger partial charge in [-0.1, -0.05) is 38.1 Å². The van der Waals surface area contributed by atoms with Crippen LogP contribution in [-0.2, 0) is 33.3 Å². The SMILES string of the molecule is COCCOc1c(-c2ccc(-c3cnc([C@@H]4CCCN4C(=O)[C@@H](NC(=O)OC)C(C)C)[nH]3)cc2)ccc(-c2cnc([C@@H]3CCCN3C(=O)[C@@H](CNC(=O)OC)C(C)OC)[nH]2)c1OCCOC. The Morgan fingerprint density at radius 1 is 0.682 bits per heavy atom. The van der Waals surface area contributed by atoms with Crippen molar-refractivity contribution in [3.05, 3.63) is 60.4 Å². The van der Waals surface area contributed by atoms with Crippen LogP contribution in [0.4, 0.5) is 9.59 Å². The second-order valence-electron chi connectivity index (χ2n) is 16.6. The highest BCUT2D eigenvalue weighted by Crippen LogP contribution is 2.46. The first kappa shape index (κ1) is 49.3. The second kappa shape index (κ2) is 23.3. The molecule has 19 nitrogen and oxygen atoms in total. The molecule has 4 N–H and O–H groups in total. The lowest BCUT2D eigenvalue weighted by molar-refractivity contribution is -0.140. The van der Waals surface area contributed by atoms with E-state index in [9.17, 15) is 19.2 Å². The Labute approximate surface area is 385 Å². The van der Waals surface area contributed by atoms with Gasteiger partial charge in [0, 0.05) is 52.1 Å². The van der Waals surface area contributed by atoms with Crippen LogP contribution in [0.5, 0.6) is 11.5 Å². The number of hydrogen-bond donors (Lipinski definition) is 4.